The molecule has 1 amide bonds. The Kier molecular flexibility index (Phi) is 3.96. The van der Waals surface area contributed by atoms with Crippen LogP contribution in [-0.4, -0.2) is 40.7 Å². The molecule has 0 radical (unpaired) electrons. The number of aliphatic imine (C=N–C) groups is 1. The number of hydrogen-bond acceptors (Lipinski definition) is 6. The van der Waals surface area contributed by atoms with Crippen molar-refractivity contribution in [2.75, 3.05) is 13.3 Å². The van der Waals surface area contributed by atoms with E-state index in [1.54, 1.807) is 18.8 Å². The maximum absolute atomic E-state index is 13.2. The van der Waals surface area contributed by atoms with E-state index in [0.29, 0.717) is 12.2 Å². The van der Waals surface area contributed by atoms with Gasteiger partial charge in [-0.3, -0.25) is 14.7 Å². The summed E-state index contributed by atoms with van der Waals surface area (Å²) in [7, 11) is 1.66. The van der Waals surface area contributed by atoms with Crippen LogP contribution in [0.5, 0.6) is 5.75 Å². The molecule has 0 saturated heterocycles. The van der Waals surface area contributed by atoms with Gasteiger partial charge in [-0.1, -0.05) is 6.07 Å². The Morgan fingerprint density at radius 1 is 1.22 bits per heavy atom. The molecule has 1 aromatic heterocycles. The second kappa shape index (κ2) is 5.99. The second-order valence-corrected chi connectivity index (χ2v) is 8.44. The molecule has 2 aliphatic rings. The van der Waals surface area contributed by atoms with Gasteiger partial charge in [0.15, 0.2) is 11.5 Å². The summed E-state index contributed by atoms with van der Waals surface area (Å²) in [6.07, 6.45) is 6.11. The minimum atomic E-state index is -1.05. The van der Waals surface area contributed by atoms with E-state index in [9.17, 15) is 4.79 Å². The number of carbonyl (C=O) groups is 1. The number of amides is 1. The van der Waals surface area contributed by atoms with Gasteiger partial charge in [-0.05, 0) is 43.9 Å². The first-order chi connectivity index (χ1) is 12.8. The predicted octanol–water partition coefficient (Wildman–Crippen LogP) is 3.01. The zero-order chi connectivity index (χ0) is 19.4. The van der Waals surface area contributed by atoms with Crippen molar-refractivity contribution in [2.24, 2.45) is 10.7 Å². The van der Waals surface area contributed by atoms with Gasteiger partial charge in [-0.2, -0.15) is 0 Å². The van der Waals surface area contributed by atoms with Crippen LogP contribution in [0.25, 0.3) is 11.1 Å². The average molecular weight is 382 g/mol. The van der Waals surface area contributed by atoms with E-state index in [1.165, 1.54) is 4.90 Å². The number of carbonyl (C=O) groups excluding carboxylic acids is 1. The number of benzene rings is 1. The van der Waals surface area contributed by atoms with Crippen molar-refractivity contribution in [1.29, 1.82) is 0 Å². The number of nitrogens with two attached hydrogens (primary N) is 1. The molecule has 4 rings (SSSR count). The highest BCUT2D eigenvalue weighted by atomic mass is 32.2. The van der Waals surface area contributed by atoms with E-state index in [0.717, 1.165) is 21.6 Å². The first kappa shape index (κ1) is 17.9. The number of rotatable bonds is 2. The van der Waals surface area contributed by atoms with Crippen LogP contribution >= 0.6 is 11.8 Å². The van der Waals surface area contributed by atoms with Gasteiger partial charge in [0.2, 0.25) is 0 Å². The highest BCUT2D eigenvalue weighted by Crippen LogP contribution is 2.49. The molecule has 2 N–H and O–H groups in total. The van der Waals surface area contributed by atoms with Crippen LogP contribution in [0, 0.1) is 0 Å². The number of fused-ring (bicyclic) bond motifs is 2. The number of aromatic nitrogens is 1. The van der Waals surface area contributed by atoms with Crippen LogP contribution in [0.4, 0.5) is 0 Å². The average Bonchev–Trinajstić information content (AvgIpc) is 2.85. The molecular weight excluding hydrogens is 360 g/mol. The fourth-order valence-electron chi connectivity index (χ4n) is 3.85. The summed E-state index contributed by atoms with van der Waals surface area (Å²) >= 11 is 1.64. The van der Waals surface area contributed by atoms with E-state index in [1.807, 2.05) is 50.7 Å². The van der Waals surface area contributed by atoms with Gasteiger partial charge in [-0.15, -0.1) is 11.8 Å². The summed E-state index contributed by atoms with van der Waals surface area (Å²) in [4.78, 5) is 24.6. The number of ether oxygens (including phenoxy) is 1. The second-order valence-electron chi connectivity index (χ2n) is 7.56. The quantitative estimate of drug-likeness (QED) is 0.808. The normalized spacial score (nSPS) is 23.2. The fourth-order valence-corrected chi connectivity index (χ4v) is 4.26. The number of pyridine rings is 1. The van der Waals surface area contributed by atoms with Crippen molar-refractivity contribution in [3.8, 4) is 16.9 Å². The number of likely N-dealkylation sites (N-methyl/N-ethyl adjacent to an activating group) is 1. The number of nitrogens with zero attached hydrogens (tertiary/aromatic N) is 3. The zero-order valence-electron chi connectivity index (χ0n) is 15.8. The molecule has 1 unspecified atom stereocenters. The fraction of sp³-hybridized carbons (Fsp3) is 0.350. The van der Waals surface area contributed by atoms with Gasteiger partial charge >= 0.3 is 0 Å². The highest BCUT2D eigenvalue weighted by Gasteiger charge is 2.55. The van der Waals surface area contributed by atoms with Gasteiger partial charge in [0, 0.05) is 41.9 Å². The van der Waals surface area contributed by atoms with E-state index in [-0.39, 0.29) is 11.9 Å². The van der Waals surface area contributed by atoms with Gasteiger partial charge < -0.3 is 10.5 Å². The Bertz CT molecular complexity index is 972. The van der Waals surface area contributed by atoms with Crippen molar-refractivity contribution in [2.45, 2.75) is 36.3 Å². The van der Waals surface area contributed by atoms with Crippen LogP contribution in [-0.2, 0) is 10.3 Å². The molecule has 27 heavy (non-hydrogen) atoms. The third-order valence-corrected chi connectivity index (χ3v) is 5.78. The third kappa shape index (κ3) is 2.77. The number of thioether (sulfide) groups is 1. The lowest BCUT2D eigenvalue weighted by atomic mass is 9.77. The monoisotopic (exact) mass is 382 g/mol. The molecule has 0 fully saturated rings. The minimum Gasteiger partial charge on any atom is -0.487 e. The van der Waals surface area contributed by atoms with Gasteiger partial charge in [-0.25, -0.2) is 4.99 Å². The van der Waals surface area contributed by atoms with Crippen molar-refractivity contribution in [3.63, 3.8) is 0 Å². The molecule has 1 spiro atoms. The van der Waals surface area contributed by atoms with E-state index >= 15 is 0 Å². The molecule has 3 heterocycles. The lowest BCUT2D eigenvalue weighted by molar-refractivity contribution is -0.133. The Morgan fingerprint density at radius 2 is 2.00 bits per heavy atom. The van der Waals surface area contributed by atoms with Gasteiger partial charge in [0.05, 0.1) is 0 Å². The van der Waals surface area contributed by atoms with Crippen molar-refractivity contribution < 1.29 is 9.53 Å². The molecule has 6 nitrogen and oxygen atoms in total. The molecule has 1 atom stereocenters. The molecule has 0 saturated carbocycles. The molecule has 140 valence electrons. The minimum absolute atomic E-state index is 0.120. The maximum atomic E-state index is 13.2. The first-order valence-corrected chi connectivity index (χ1v) is 9.95. The van der Waals surface area contributed by atoms with Crippen LogP contribution in [0.3, 0.4) is 0 Å². The van der Waals surface area contributed by atoms with E-state index in [2.05, 4.69) is 16.0 Å². The Hall–Kier alpha value is -2.54. The number of guanidine groups is 1. The highest BCUT2D eigenvalue weighted by molar-refractivity contribution is 7.98. The largest absolute Gasteiger partial charge is 0.487 e. The smallest absolute Gasteiger partial charge is 0.261 e. The van der Waals surface area contributed by atoms with E-state index in [4.69, 9.17) is 10.5 Å². The summed E-state index contributed by atoms with van der Waals surface area (Å²) in [5.41, 5.74) is 7.15. The topological polar surface area (TPSA) is 80.8 Å². The SMILES string of the molecule is CSc1cncc(-c2ccc3c(c2)C2(CC(C)(C)O3)N=C(N)N(C)C2=O)c1. The van der Waals surface area contributed by atoms with Crippen LogP contribution in [0.1, 0.15) is 25.8 Å². The molecule has 2 aliphatic heterocycles. The van der Waals surface area contributed by atoms with E-state index < -0.39 is 11.1 Å². The Morgan fingerprint density at radius 3 is 2.67 bits per heavy atom. The molecule has 2 aromatic rings. The lowest BCUT2D eigenvalue weighted by Crippen LogP contribution is -2.49. The molecule has 0 bridgehead atoms. The summed E-state index contributed by atoms with van der Waals surface area (Å²) in [5.74, 6) is 0.787. The predicted molar refractivity (Wildman–Crippen MR) is 107 cm³/mol. The summed E-state index contributed by atoms with van der Waals surface area (Å²) in [5, 5.41) is 0. The molecular formula is C20H22N4O2S. The zero-order valence-corrected chi connectivity index (χ0v) is 16.6. The van der Waals surface area contributed by atoms with Crippen molar-refractivity contribution in [3.05, 3.63) is 42.2 Å². The van der Waals surface area contributed by atoms with Crippen molar-refractivity contribution in [1.82, 2.24) is 9.88 Å². The van der Waals surface area contributed by atoms with Crippen LogP contribution in [0.15, 0.2) is 46.5 Å². The Balaban J connectivity index is 1.90. The third-order valence-electron chi connectivity index (χ3n) is 5.08. The standard InChI is InChI=1S/C20H22N4O2S/c1-19(2)11-20(17(25)24(3)18(21)23-20)15-8-12(5-6-16(15)26-19)13-7-14(27-4)10-22-9-13/h5-10H,11H2,1-4H3,(H2,21,23). The van der Waals surface area contributed by atoms with Gasteiger partial charge in [0.25, 0.3) is 5.91 Å². The number of hydrogen-bond donors (Lipinski definition) is 1. The first-order valence-electron chi connectivity index (χ1n) is 8.72. The van der Waals surface area contributed by atoms with Crippen LogP contribution in [0.2, 0.25) is 0 Å². The lowest BCUT2D eigenvalue weighted by Gasteiger charge is -2.41. The molecule has 1 aromatic carbocycles. The Labute approximate surface area is 162 Å². The molecule has 7 heteroatoms. The van der Waals surface area contributed by atoms with Crippen molar-refractivity contribution >= 4 is 23.6 Å². The van der Waals surface area contributed by atoms with Gasteiger partial charge in [0.1, 0.15) is 11.4 Å². The summed E-state index contributed by atoms with van der Waals surface area (Å²) in [6.45, 7) is 3.93. The van der Waals surface area contributed by atoms with Crippen LogP contribution < -0.4 is 10.5 Å². The summed E-state index contributed by atoms with van der Waals surface area (Å²) in [6, 6.07) is 7.97. The summed E-state index contributed by atoms with van der Waals surface area (Å²) < 4.78 is 6.16. The maximum Gasteiger partial charge on any atom is 0.261 e. The molecule has 0 aliphatic carbocycles.